The van der Waals surface area contributed by atoms with E-state index in [9.17, 15) is 22.8 Å². The zero-order chi connectivity index (χ0) is 21.9. The summed E-state index contributed by atoms with van der Waals surface area (Å²) in [6, 6.07) is 8.68. The number of rotatable bonds is 5. The second-order valence-electron chi connectivity index (χ2n) is 6.02. The van der Waals surface area contributed by atoms with Crippen LogP contribution in [0.4, 0.5) is 29.3 Å². The van der Waals surface area contributed by atoms with Crippen molar-refractivity contribution in [1.29, 1.82) is 0 Å². The summed E-state index contributed by atoms with van der Waals surface area (Å²) in [5, 5.41) is 5.29. The zero-order valence-corrected chi connectivity index (χ0v) is 16.7. The third-order valence-corrected chi connectivity index (χ3v) is 5.17. The van der Waals surface area contributed by atoms with Gasteiger partial charge in [0.15, 0.2) is 10.6 Å². The van der Waals surface area contributed by atoms with Crippen LogP contribution in [0.2, 0.25) is 0 Å². The van der Waals surface area contributed by atoms with Gasteiger partial charge in [-0.3, -0.25) is 0 Å². The topological polar surface area (TPSA) is 76.7 Å². The van der Waals surface area contributed by atoms with Gasteiger partial charge in [0, 0.05) is 15.8 Å². The van der Waals surface area contributed by atoms with Crippen LogP contribution in [0.25, 0.3) is 10.1 Å². The van der Waals surface area contributed by atoms with E-state index in [1.54, 1.807) is 25.1 Å². The number of hydrogen-bond donors (Lipinski definition) is 2. The van der Waals surface area contributed by atoms with Crippen LogP contribution in [0.1, 0.15) is 22.2 Å². The third kappa shape index (κ3) is 4.48. The minimum Gasteiger partial charge on any atom is -0.491 e. The molecular formula is C20H17F3N2O4S. The van der Waals surface area contributed by atoms with E-state index in [0.717, 1.165) is 10.8 Å². The standard InChI is InChI=1S/C20H17F3N2O4S/c1-3-29-16-12-10-11(8-9-15(12)30-17(16)18(26)28-2)24-19(27)25-14-7-5-4-6-13(14)20(21,22)23/h4-10H,3H2,1-2H3,(H2,24,25,27). The van der Waals surface area contributed by atoms with Crippen LogP contribution in [0.3, 0.4) is 0 Å². The Labute approximate surface area is 173 Å². The molecule has 0 aliphatic rings. The summed E-state index contributed by atoms with van der Waals surface area (Å²) in [7, 11) is 1.26. The minimum absolute atomic E-state index is 0.287. The molecule has 3 rings (SSSR count). The summed E-state index contributed by atoms with van der Waals surface area (Å²) >= 11 is 1.18. The number of benzene rings is 2. The number of methoxy groups -OCH3 is 1. The number of carbonyl (C=O) groups excluding carboxylic acids is 2. The Balaban J connectivity index is 1.87. The fourth-order valence-corrected chi connectivity index (χ4v) is 3.84. The van der Waals surface area contributed by atoms with Gasteiger partial charge in [-0.05, 0) is 37.3 Å². The molecule has 2 amide bonds. The number of esters is 1. The molecule has 0 bridgehead atoms. The smallest absolute Gasteiger partial charge is 0.418 e. The molecule has 30 heavy (non-hydrogen) atoms. The Morgan fingerprint density at radius 3 is 2.50 bits per heavy atom. The van der Waals surface area contributed by atoms with Gasteiger partial charge in [-0.1, -0.05) is 12.1 Å². The molecule has 0 atom stereocenters. The van der Waals surface area contributed by atoms with Crippen molar-refractivity contribution in [2.24, 2.45) is 0 Å². The summed E-state index contributed by atoms with van der Waals surface area (Å²) in [5.74, 6) is -0.216. The van der Waals surface area contributed by atoms with E-state index in [4.69, 9.17) is 9.47 Å². The molecule has 1 heterocycles. The van der Waals surface area contributed by atoms with E-state index in [1.807, 2.05) is 0 Å². The average molecular weight is 438 g/mol. The second kappa shape index (κ2) is 8.62. The molecule has 2 N–H and O–H groups in total. The van der Waals surface area contributed by atoms with Crippen LogP contribution in [0, 0.1) is 0 Å². The molecule has 0 unspecified atom stereocenters. The number of anilines is 2. The first-order valence-electron chi connectivity index (χ1n) is 8.76. The van der Waals surface area contributed by atoms with E-state index in [1.165, 1.54) is 36.6 Å². The fourth-order valence-electron chi connectivity index (χ4n) is 2.79. The van der Waals surface area contributed by atoms with Crippen molar-refractivity contribution in [1.82, 2.24) is 0 Å². The summed E-state index contributed by atoms with van der Waals surface area (Å²) < 4.78 is 50.4. The first-order chi connectivity index (χ1) is 14.2. The molecule has 10 heteroatoms. The van der Waals surface area contributed by atoms with Gasteiger partial charge in [-0.2, -0.15) is 13.2 Å². The Hall–Kier alpha value is -3.27. The number of hydrogen-bond acceptors (Lipinski definition) is 5. The maximum atomic E-state index is 13.1. The molecule has 6 nitrogen and oxygen atoms in total. The number of nitrogens with one attached hydrogen (secondary N) is 2. The number of amides is 2. The van der Waals surface area contributed by atoms with Crippen LogP contribution < -0.4 is 15.4 Å². The van der Waals surface area contributed by atoms with Crippen LogP contribution >= 0.6 is 11.3 Å². The molecule has 1 aromatic heterocycles. The predicted octanol–water partition coefficient (Wildman–Crippen LogP) is 5.75. The lowest BCUT2D eigenvalue weighted by Gasteiger charge is -2.14. The highest BCUT2D eigenvalue weighted by Crippen LogP contribution is 2.40. The number of ether oxygens (including phenoxy) is 2. The average Bonchev–Trinajstić information content (AvgIpc) is 3.05. The van der Waals surface area contributed by atoms with Gasteiger partial charge in [0.1, 0.15) is 0 Å². The van der Waals surface area contributed by atoms with E-state index in [0.29, 0.717) is 23.4 Å². The molecule has 2 aromatic carbocycles. The van der Waals surface area contributed by atoms with Gasteiger partial charge in [0.25, 0.3) is 0 Å². The fraction of sp³-hybridized carbons (Fsp3) is 0.200. The van der Waals surface area contributed by atoms with Gasteiger partial charge in [-0.15, -0.1) is 11.3 Å². The molecular weight excluding hydrogens is 421 g/mol. The lowest BCUT2D eigenvalue weighted by molar-refractivity contribution is -0.136. The lowest BCUT2D eigenvalue weighted by Crippen LogP contribution is -2.21. The highest BCUT2D eigenvalue weighted by atomic mass is 32.1. The van der Waals surface area contributed by atoms with E-state index >= 15 is 0 Å². The third-order valence-electron chi connectivity index (χ3n) is 4.04. The van der Waals surface area contributed by atoms with Crippen LogP contribution in [0.5, 0.6) is 5.75 Å². The van der Waals surface area contributed by atoms with Crippen molar-refractivity contribution in [3.05, 3.63) is 52.9 Å². The molecule has 158 valence electrons. The number of carbonyl (C=O) groups is 2. The molecule has 3 aromatic rings. The summed E-state index contributed by atoms with van der Waals surface area (Å²) in [5.41, 5.74) is -0.989. The van der Waals surface area contributed by atoms with Crippen molar-refractivity contribution < 1.29 is 32.2 Å². The van der Waals surface area contributed by atoms with Crippen molar-refractivity contribution in [3.63, 3.8) is 0 Å². The second-order valence-corrected chi connectivity index (χ2v) is 7.07. The van der Waals surface area contributed by atoms with Crippen molar-refractivity contribution in [2.45, 2.75) is 13.1 Å². The maximum Gasteiger partial charge on any atom is 0.418 e. The zero-order valence-electron chi connectivity index (χ0n) is 15.9. The van der Waals surface area contributed by atoms with Crippen molar-refractivity contribution >= 4 is 44.8 Å². The van der Waals surface area contributed by atoms with E-state index < -0.39 is 23.7 Å². The summed E-state index contributed by atoms with van der Waals surface area (Å²) in [4.78, 5) is 24.6. The molecule has 0 radical (unpaired) electrons. The van der Waals surface area contributed by atoms with Crippen LogP contribution in [0.15, 0.2) is 42.5 Å². The minimum atomic E-state index is -4.60. The molecule has 0 fully saturated rings. The molecule has 0 aliphatic carbocycles. The first kappa shape index (κ1) is 21.4. The highest BCUT2D eigenvalue weighted by Gasteiger charge is 2.33. The number of fused-ring (bicyclic) bond motifs is 1. The van der Waals surface area contributed by atoms with Gasteiger partial charge >= 0.3 is 18.2 Å². The normalized spacial score (nSPS) is 11.2. The Morgan fingerprint density at radius 1 is 1.10 bits per heavy atom. The highest BCUT2D eigenvalue weighted by molar-refractivity contribution is 7.21. The van der Waals surface area contributed by atoms with Crippen molar-refractivity contribution in [2.75, 3.05) is 24.4 Å². The number of thiophene rings is 1. The molecule has 0 saturated carbocycles. The van der Waals surface area contributed by atoms with E-state index in [-0.39, 0.29) is 10.6 Å². The predicted molar refractivity (Wildman–Crippen MR) is 108 cm³/mol. The maximum absolute atomic E-state index is 13.1. The van der Waals surface area contributed by atoms with Crippen molar-refractivity contribution in [3.8, 4) is 5.75 Å². The molecule has 0 saturated heterocycles. The SMILES string of the molecule is CCOc1c(C(=O)OC)sc2ccc(NC(=O)Nc3ccccc3C(F)(F)F)cc12. The Morgan fingerprint density at radius 2 is 1.83 bits per heavy atom. The van der Waals surface area contributed by atoms with E-state index in [2.05, 4.69) is 10.6 Å². The Bertz CT molecular complexity index is 1100. The number of urea groups is 1. The van der Waals surface area contributed by atoms with Crippen LogP contribution in [-0.4, -0.2) is 25.7 Å². The lowest BCUT2D eigenvalue weighted by atomic mass is 10.1. The molecule has 0 aliphatic heterocycles. The number of alkyl halides is 3. The number of halogens is 3. The van der Waals surface area contributed by atoms with Crippen LogP contribution in [-0.2, 0) is 10.9 Å². The molecule has 0 spiro atoms. The summed E-state index contributed by atoms with van der Waals surface area (Å²) in [6.07, 6.45) is -4.60. The quantitative estimate of drug-likeness (QED) is 0.498. The van der Waals surface area contributed by atoms with Gasteiger partial charge in [-0.25, -0.2) is 9.59 Å². The monoisotopic (exact) mass is 438 g/mol. The number of para-hydroxylation sites is 1. The largest absolute Gasteiger partial charge is 0.491 e. The Kier molecular flexibility index (Phi) is 6.16. The first-order valence-corrected chi connectivity index (χ1v) is 9.58. The van der Waals surface area contributed by atoms with Gasteiger partial charge in [0.05, 0.1) is 25.0 Å². The van der Waals surface area contributed by atoms with Gasteiger partial charge in [0.2, 0.25) is 0 Å². The summed E-state index contributed by atoms with van der Waals surface area (Å²) in [6.45, 7) is 2.07. The van der Waals surface area contributed by atoms with Gasteiger partial charge < -0.3 is 20.1 Å².